The van der Waals surface area contributed by atoms with Crippen molar-refractivity contribution in [2.75, 3.05) is 0 Å². The zero-order valence-corrected chi connectivity index (χ0v) is 6.88. The van der Waals surface area contributed by atoms with Gasteiger partial charge in [-0.25, -0.2) is 0 Å². The molecular formula is C4H3O8P. The van der Waals surface area contributed by atoms with E-state index in [2.05, 4.69) is 18.1 Å². The van der Waals surface area contributed by atoms with E-state index in [0.717, 1.165) is 0 Å². The quantitative estimate of drug-likeness (QED) is 0.375. The predicted octanol–water partition coefficient (Wildman–Crippen LogP) is -1.61. The van der Waals surface area contributed by atoms with Crippen molar-refractivity contribution in [3.63, 3.8) is 0 Å². The Morgan fingerprint density at radius 1 is 1.08 bits per heavy atom. The first-order valence-electron chi connectivity index (χ1n) is 3.07. The summed E-state index contributed by atoms with van der Waals surface area (Å²) in [5.41, 5.74) is 0. The molecule has 2 saturated heterocycles. The molecule has 2 aliphatic rings. The second-order valence-electron chi connectivity index (χ2n) is 2.17. The standard InChI is InChI=1S/C4H3O8P/c5-1-2(6)10-13(9-1)11-3(7)4(8)12-13/h1,5,13H. The van der Waals surface area contributed by atoms with E-state index in [4.69, 9.17) is 5.11 Å². The average Bonchev–Trinajstić information content (AvgIpc) is 2.39. The zero-order valence-electron chi connectivity index (χ0n) is 5.88. The SMILES string of the molecule is O=C1O[PH]2(OC1=O)OC(=O)C(O)O2. The average molecular weight is 210 g/mol. The Labute approximate surface area is 71.0 Å². The second-order valence-corrected chi connectivity index (χ2v) is 4.02. The predicted molar refractivity (Wildman–Crippen MR) is 33.7 cm³/mol. The van der Waals surface area contributed by atoms with Gasteiger partial charge in [0.05, 0.1) is 0 Å². The minimum atomic E-state index is -4.02. The molecule has 1 unspecified atom stereocenters. The van der Waals surface area contributed by atoms with Crippen LogP contribution in [0.4, 0.5) is 0 Å². The van der Waals surface area contributed by atoms with Gasteiger partial charge in [-0.3, -0.25) is 0 Å². The molecular weight excluding hydrogens is 207 g/mol. The van der Waals surface area contributed by atoms with E-state index < -0.39 is 32.4 Å². The number of aliphatic hydroxyl groups excluding tert-OH is 1. The molecule has 0 aromatic carbocycles. The van der Waals surface area contributed by atoms with Crippen LogP contribution in [0.25, 0.3) is 0 Å². The van der Waals surface area contributed by atoms with Crippen LogP contribution in [0.5, 0.6) is 0 Å². The molecule has 2 fully saturated rings. The minimum absolute atomic E-state index is 1.14. The number of hydrogen-bond donors (Lipinski definition) is 1. The molecule has 0 aliphatic carbocycles. The summed E-state index contributed by atoms with van der Waals surface area (Å²) in [6, 6.07) is 0. The molecule has 72 valence electrons. The van der Waals surface area contributed by atoms with Crippen LogP contribution in [-0.2, 0) is 32.5 Å². The van der Waals surface area contributed by atoms with Crippen molar-refractivity contribution in [2.24, 2.45) is 0 Å². The summed E-state index contributed by atoms with van der Waals surface area (Å²) in [6.45, 7) is 0. The van der Waals surface area contributed by atoms with Gasteiger partial charge < -0.3 is 0 Å². The van der Waals surface area contributed by atoms with Crippen molar-refractivity contribution in [3.8, 4) is 0 Å². The van der Waals surface area contributed by atoms with Gasteiger partial charge in [-0.15, -0.1) is 0 Å². The van der Waals surface area contributed by atoms with E-state index in [0.29, 0.717) is 0 Å². The van der Waals surface area contributed by atoms with Crippen LogP contribution in [0.1, 0.15) is 0 Å². The zero-order chi connectivity index (χ0) is 9.64. The van der Waals surface area contributed by atoms with Gasteiger partial charge in [0.25, 0.3) is 0 Å². The Hall–Kier alpha value is -1.24. The molecule has 1 spiro atoms. The van der Waals surface area contributed by atoms with Crippen LogP contribution in [0.15, 0.2) is 0 Å². The van der Waals surface area contributed by atoms with Crippen LogP contribution >= 0.6 is 8.17 Å². The third-order valence-electron chi connectivity index (χ3n) is 1.29. The van der Waals surface area contributed by atoms with Gasteiger partial charge >= 0.3 is 70.0 Å². The van der Waals surface area contributed by atoms with Gasteiger partial charge in [0, 0.05) is 0 Å². The third kappa shape index (κ3) is 1.15. The molecule has 2 rings (SSSR count). The topological polar surface area (TPSA) is 108 Å². The van der Waals surface area contributed by atoms with Crippen molar-refractivity contribution < 1.29 is 37.6 Å². The Morgan fingerprint density at radius 3 is 2.00 bits per heavy atom. The van der Waals surface area contributed by atoms with Crippen LogP contribution in [-0.4, -0.2) is 29.3 Å². The van der Waals surface area contributed by atoms with Crippen molar-refractivity contribution in [3.05, 3.63) is 0 Å². The van der Waals surface area contributed by atoms with E-state index in [1.807, 2.05) is 0 Å². The first-order valence-corrected chi connectivity index (χ1v) is 4.71. The van der Waals surface area contributed by atoms with Crippen molar-refractivity contribution in [1.29, 1.82) is 0 Å². The van der Waals surface area contributed by atoms with Gasteiger partial charge in [0.1, 0.15) is 0 Å². The molecule has 13 heavy (non-hydrogen) atoms. The van der Waals surface area contributed by atoms with Crippen LogP contribution in [0.2, 0.25) is 0 Å². The molecule has 2 heterocycles. The van der Waals surface area contributed by atoms with Crippen LogP contribution in [0.3, 0.4) is 0 Å². The van der Waals surface area contributed by atoms with E-state index in [1.165, 1.54) is 0 Å². The molecule has 8 nitrogen and oxygen atoms in total. The fraction of sp³-hybridized carbons (Fsp3) is 0.250. The Kier molecular flexibility index (Phi) is 1.53. The molecule has 0 aromatic rings. The summed E-state index contributed by atoms with van der Waals surface area (Å²) < 4.78 is 17.2. The first-order chi connectivity index (χ1) is 6.02. The maximum absolute atomic E-state index is 10.6. The summed E-state index contributed by atoms with van der Waals surface area (Å²) in [7, 11) is -4.02. The number of aliphatic hydroxyl groups is 1. The molecule has 0 bridgehead atoms. The van der Waals surface area contributed by atoms with Gasteiger partial charge in [-0.1, -0.05) is 0 Å². The number of carbonyl (C=O) groups excluding carboxylic acids is 3. The molecule has 0 radical (unpaired) electrons. The van der Waals surface area contributed by atoms with Crippen molar-refractivity contribution >= 4 is 26.1 Å². The Morgan fingerprint density at radius 2 is 1.62 bits per heavy atom. The molecule has 2 aliphatic heterocycles. The summed E-state index contributed by atoms with van der Waals surface area (Å²) in [6.07, 6.45) is -1.87. The fourth-order valence-corrected chi connectivity index (χ4v) is 2.41. The summed E-state index contributed by atoms with van der Waals surface area (Å²) in [5.74, 6) is -3.74. The van der Waals surface area contributed by atoms with Crippen LogP contribution < -0.4 is 0 Å². The molecule has 9 heteroatoms. The van der Waals surface area contributed by atoms with Gasteiger partial charge in [0.15, 0.2) is 0 Å². The first kappa shape index (κ1) is 8.36. The summed E-state index contributed by atoms with van der Waals surface area (Å²) >= 11 is 0. The monoisotopic (exact) mass is 210 g/mol. The second kappa shape index (κ2) is 2.38. The molecule has 0 saturated carbocycles. The summed E-state index contributed by atoms with van der Waals surface area (Å²) in [5, 5.41) is 8.75. The van der Waals surface area contributed by atoms with Gasteiger partial charge in [-0.05, 0) is 0 Å². The van der Waals surface area contributed by atoms with Crippen LogP contribution in [0, 0.1) is 0 Å². The van der Waals surface area contributed by atoms with Gasteiger partial charge in [-0.2, -0.15) is 0 Å². The van der Waals surface area contributed by atoms with Gasteiger partial charge in [0.2, 0.25) is 0 Å². The normalized spacial score (nSPS) is 32.7. The molecule has 1 N–H and O–H groups in total. The number of rotatable bonds is 0. The fourth-order valence-electron chi connectivity index (χ4n) is 0.804. The van der Waals surface area contributed by atoms with Crippen molar-refractivity contribution in [1.82, 2.24) is 0 Å². The van der Waals surface area contributed by atoms with Crippen molar-refractivity contribution in [2.45, 2.75) is 6.29 Å². The number of hydrogen-bond acceptors (Lipinski definition) is 8. The summed E-state index contributed by atoms with van der Waals surface area (Å²) in [4.78, 5) is 31.7. The Balaban J connectivity index is 2.22. The molecule has 1 atom stereocenters. The maximum atomic E-state index is 10.6. The van der Waals surface area contributed by atoms with E-state index in [9.17, 15) is 14.4 Å². The Bertz CT molecular complexity index is 293. The number of carbonyl (C=O) groups is 3. The molecule has 0 aromatic heterocycles. The van der Waals surface area contributed by atoms with E-state index in [-0.39, 0.29) is 0 Å². The van der Waals surface area contributed by atoms with E-state index >= 15 is 0 Å². The molecule has 0 amide bonds. The third-order valence-corrected chi connectivity index (χ3v) is 3.12. The van der Waals surface area contributed by atoms with E-state index in [1.54, 1.807) is 0 Å².